The maximum atomic E-state index is 11.6. The van der Waals surface area contributed by atoms with E-state index in [9.17, 15) is 4.79 Å². The smallest absolute Gasteiger partial charge is 0.229 e. The molecular formula is C21H21ClN4O. The van der Waals surface area contributed by atoms with Gasteiger partial charge in [-0.1, -0.05) is 29.8 Å². The molecule has 2 N–H and O–H groups in total. The minimum atomic E-state index is 0.0179. The Hall–Kier alpha value is -2.92. The van der Waals surface area contributed by atoms with E-state index in [0.717, 1.165) is 28.2 Å². The second-order valence-corrected chi connectivity index (χ2v) is 6.95. The highest BCUT2D eigenvalue weighted by atomic mass is 35.5. The van der Waals surface area contributed by atoms with Crippen LogP contribution in [0.3, 0.4) is 0 Å². The van der Waals surface area contributed by atoms with Crippen molar-refractivity contribution in [2.75, 3.05) is 10.6 Å². The molecule has 6 heteroatoms. The molecule has 0 unspecified atom stereocenters. The Kier molecular flexibility index (Phi) is 5.42. The molecule has 0 atom stereocenters. The van der Waals surface area contributed by atoms with Crippen LogP contribution in [0.2, 0.25) is 5.02 Å². The summed E-state index contributed by atoms with van der Waals surface area (Å²) in [7, 11) is 0. The third-order valence-electron chi connectivity index (χ3n) is 4.06. The molecule has 1 heterocycles. The van der Waals surface area contributed by atoms with E-state index in [2.05, 4.69) is 26.7 Å². The lowest BCUT2D eigenvalue weighted by Crippen LogP contribution is -2.04. The van der Waals surface area contributed by atoms with Crippen molar-refractivity contribution in [1.29, 1.82) is 0 Å². The topological polar surface area (TPSA) is 66.9 Å². The molecule has 3 rings (SSSR count). The molecule has 0 saturated heterocycles. The number of carbonyl (C=O) groups is 1. The van der Waals surface area contributed by atoms with Crippen LogP contribution in [0.4, 0.5) is 23.1 Å². The third kappa shape index (κ3) is 4.63. The van der Waals surface area contributed by atoms with Crippen molar-refractivity contribution < 1.29 is 4.79 Å². The highest BCUT2D eigenvalue weighted by molar-refractivity contribution is 6.33. The van der Waals surface area contributed by atoms with Gasteiger partial charge >= 0.3 is 0 Å². The van der Waals surface area contributed by atoms with Gasteiger partial charge in [0, 0.05) is 23.0 Å². The summed E-state index contributed by atoms with van der Waals surface area (Å²) in [5.74, 6) is 1.10. The summed E-state index contributed by atoms with van der Waals surface area (Å²) in [4.78, 5) is 20.5. The fourth-order valence-electron chi connectivity index (χ4n) is 2.84. The first-order chi connectivity index (χ1) is 12.8. The Bertz CT molecular complexity index is 994. The fourth-order valence-corrected chi connectivity index (χ4v) is 3.21. The summed E-state index contributed by atoms with van der Waals surface area (Å²) in [6.45, 7) is 7.43. The highest BCUT2D eigenvalue weighted by Gasteiger charge is 2.09. The summed E-state index contributed by atoms with van der Waals surface area (Å²) in [6, 6.07) is 13.1. The van der Waals surface area contributed by atoms with Crippen molar-refractivity contribution in [3.05, 3.63) is 69.9 Å². The van der Waals surface area contributed by atoms with E-state index in [0.29, 0.717) is 22.4 Å². The van der Waals surface area contributed by atoms with E-state index >= 15 is 0 Å². The van der Waals surface area contributed by atoms with Gasteiger partial charge in [-0.15, -0.1) is 0 Å². The van der Waals surface area contributed by atoms with E-state index in [-0.39, 0.29) is 5.78 Å². The molecule has 0 aliphatic heterocycles. The first-order valence-corrected chi connectivity index (χ1v) is 8.97. The molecule has 138 valence electrons. The van der Waals surface area contributed by atoms with Crippen molar-refractivity contribution in [2.24, 2.45) is 0 Å². The Morgan fingerprint density at radius 1 is 1.00 bits per heavy atom. The molecule has 5 nitrogen and oxygen atoms in total. The van der Waals surface area contributed by atoms with E-state index in [1.807, 2.05) is 45.0 Å². The molecule has 0 spiro atoms. The molecule has 27 heavy (non-hydrogen) atoms. The molecule has 2 aromatic carbocycles. The molecule has 1 aromatic heterocycles. The number of nitrogens with one attached hydrogen (secondary N) is 2. The van der Waals surface area contributed by atoms with Crippen LogP contribution in [-0.2, 0) is 0 Å². The number of halogens is 1. The van der Waals surface area contributed by atoms with Crippen molar-refractivity contribution >= 4 is 40.5 Å². The van der Waals surface area contributed by atoms with Gasteiger partial charge in [-0.2, -0.15) is 4.98 Å². The lowest BCUT2D eigenvalue weighted by Gasteiger charge is -2.13. The molecule has 0 aliphatic carbocycles. The summed E-state index contributed by atoms with van der Waals surface area (Å²) in [5, 5.41) is 7.07. The number of aryl methyl sites for hydroxylation is 3. The van der Waals surface area contributed by atoms with E-state index in [1.54, 1.807) is 19.1 Å². The van der Waals surface area contributed by atoms with Gasteiger partial charge in [0.05, 0.1) is 10.7 Å². The predicted octanol–water partition coefficient (Wildman–Crippen LogP) is 5.75. The fraction of sp³-hybridized carbons (Fsp3) is 0.190. The van der Waals surface area contributed by atoms with Crippen molar-refractivity contribution in [2.45, 2.75) is 27.7 Å². The number of nitrogens with zero attached hydrogens (tertiary/aromatic N) is 2. The zero-order chi connectivity index (χ0) is 19.6. The second-order valence-electron chi connectivity index (χ2n) is 6.54. The number of aromatic nitrogens is 2. The van der Waals surface area contributed by atoms with Crippen molar-refractivity contribution in [3.63, 3.8) is 0 Å². The summed E-state index contributed by atoms with van der Waals surface area (Å²) in [5.41, 5.74) is 5.15. The number of hydrogen-bond donors (Lipinski definition) is 2. The van der Waals surface area contributed by atoms with Crippen LogP contribution >= 0.6 is 11.6 Å². The van der Waals surface area contributed by atoms with Crippen LogP contribution in [0, 0.1) is 20.8 Å². The van der Waals surface area contributed by atoms with E-state index in [1.165, 1.54) is 0 Å². The monoisotopic (exact) mass is 380 g/mol. The highest BCUT2D eigenvalue weighted by Crippen LogP contribution is 2.30. The zero-order valence-electron chi connectivity index (χ0n) is 15.7. The first-order valence-electron chi connectivity index (χ1n) is 8.59. The Labute approximate surface area is 163 Å². The standard InChI is InChI=1S/C21H21ClN4O/c1-12-8-13(2)20(18(22)9-12)26-21-23-14(3)10-19(25-21)24-17-7-5-6-16(11-17)15(4)27/h5-11H,1-4H3,(H2,23,24,25,26). The van der Waals surface area contributed by atoms with Gasteiger partial charge in [-0.25, -0.2) is 4.98 Å². The van der Waals surface area contributed by atoms with Crippen LogP contribution in [0.5, 0.6) is 0 Å². The molecule has 0 amide bonds. The van der Waals surface area contributed by atoms with Gasteiger partial charge in [0.2, 0.25) is 5.95 Å². The third-order valence-corrected chi connectivity index (χ3v) is 4.36. The van der Waals surface area contributed by atoms with Crippen LogP contribution in [0.1, 0.15) is 34.1 Å². The van der Waals surface area contributed by atoms with Crippen LogP contribution in [0.15, 0.2) is 42.5 Å². The predicted molar refractivity (Wildman–Crippen MR) is 111 cm³/mol. The lowest BCUT2D eigenvalue weighted by atomic mass is 10.1. The Morgan fingerprint density at radius 2 is 1.78 bits per heavy atom. The maximum absolute atomic E-state index is 11.6. The van der Waals surface area contributed by atoms with Gasteiger partial charge in [0.15, 0.2) is 5.78 Å². The molecular weight excluding hydrogens is 360 g/mol. The molecule has 0 radical (unpaired) electrons. The van der Waals surface area contributed by atoms with E-state index in [4.69, 9.17) is 11.6 Å². The van der Waals surface area contributed by atoms with Crippen LogP contribution < -0.4 is 10.6 Å². The summed E-state index contributed by atoms with van der Waals surface area (Å²) in [6.07, 6.45) is 0. The number of carbonyl (C=O) groups excluding carboxylic acids is 1. The van der Waals surface area contributed by atoms with Gasteiger partial charge in [-0.05, 0) is 57.0 Å². The number of ketones is 1. The SMILES string of the molecule is CC(=O)c1cccc(Nc2cc(C)nc(Nc3c(C)cc(C)cc3Cl)n2)c1. The average molecular weight is 381 g/mol. The number of benzene rings is 2. The second kappa shape index (κ2) is 7.76. The summed E-state index contributed by atoms with van der Waals surface area (Å²) < 4.78 is 0. The zero-order valence-corrected chi connectivity index (χ0v) is 16.5. The Balaban J connectivity index is 1.89. The molecule has 0 saturated carbocycles. The molecule has 0 bridgehead atoms. The van der Waals surface area contributed by atoms with Crippen molar-refractivity contribution in [1.82, 2.24) is 9.97 Å². The first kappa shape index (κ1) is 18.9. The maximum Gasteiger partial charge on any atom is 0.229 e. The minimum Gasteiger partial charge on any atom is -0.340 e. The minimum absolute atomic E-state index is 0.0179. The quantitative estimate of drug-likeness (QED) is 0.552. The molecule has 3 aromatic rings. The van der Waals surface area contributed by atoms with Crippen LogP contribution in [-0.4, -0.2) is 15.8 Å². The summed E-state index contributed by atoms with van der Waals surface area (Å²) >= 11 is 6.38. The molecule has 0 aliphatic rings. The van der Waals surface area contributed by atoms with Gasteiger partial charge < -0.3 is 10.6 Å². The van der Waals surface area contributed by atoms with Crippen LogP contribution in [0.25, 0.3) is 0 Å². The number of rotatable bonds is 5. The Morgan fingerprint density at radius 3 is 2.48 bits per heavy atom. The molecule has 0 fully saturated rings. The number of Topliss-reactive ketones (excluding diaryl/α,β-unsaturated/α-hetero) is 1. The van der Waals surface area contributed by atoms with Gasteiger partial charge in [0.1, 0.15) is 5.82 Å². The lowest BCUT2D eigenvalue weighted by molar-refractivity contribution is 0.101. The van der Waals surface area contributed by atoms with E-state index < -0.39 is 0 Å². The van der Waals surface area contributed by atoms with Gasteiger partial charge in [-0.3, -0.25) is 4.79 Å². The average Bonchev–Trinajstić information content (AvgIpc) is 2.58. The number of hydrogen-bond acceptors (Lipinski definition) is 5. The normalized spacial score (nSPS) is 10.6. The largest absolute Gasteiger partial charge is 0.340 e. The van der Waals surface area contributed by atoms with Crippen molar-refractivity contribution in [3.8, 4) is 0 Å². The van der Waals surface area contributed by atoms with Gasteiger partial charge in [0.25, 0.3) is 0 Å². The number of anilines is 4.